The van der Waals surface area contributed by atoms with Gasteiger partial charge in [-0.05, 0) is 12.5 Å². The van der Waals surface area contributed by atoms with Gasteiger partial charge in [0.25, 0.3) is 0 Å². The highest BCUT2D eigenvalue weighted by Gasteiger charge is 2.43. The Labute approximate surface area is 131 Å². The minimum absolute atomic E-state index is 0.154. The average molecular weight is 330 g/mol. The van der Waals surface area contributed by atoms with Crippen LogP contribution in [0.25, 0.3) is 0 Å². The van der Waals surface area contributed by atoms with Crippen LogP contribution in [0.1, 0.15) is 25.0 Å². The zero-order valence-electron chi connectivity index (χ0n) is 12.4. The van der Waals surface area contributed by atoms with Crippen LogP contribution in [-0.2, 0) is 11.2 Å². The smallest absolute Gasteiger partial charge is 0.407 e. The van der Waals surface area contributed by atoms with Crippen LogP contribution in [0.4, 0.5) is 23.9 Å². The topological polar surface area (TPSA) is 67.4 Å². The second kappa shape index (κ2) is 5.86. The summed E-state index contributed by atoms with van der Waals surface area (Å²) < 4.78 is 42.2. The Balaban J connectivity index is 1.61. The molecule has 2 aliphatic rings. The first-order chi connectivity index (χ1) is 10.9. The van der Waals surface area contributed by atoms with Crippen molar-refractivity contribution >= 4 is 12.0 Å². The number of hydrogen-bond acceptors (Lipinski definition) is 5. The van der Waals surface area contributed by atoms with Crippen LogP contribution in [0, 0.1) is 0 Å². The summed E-state index contributed by atoms with van der Waals surface area (Å²) in [6.07, 6.45) is -2.88. The molecule has 6 nitrogen and oxygen atoms in total. The number of alkyl carbamates (subject to hydrolysis) is 1. The molecule has 1 aromatic rings. The molecule has 0 unspecified atom stereocenters. The van der Waals surface area contributed by atoms with Gasteiger partial charge in [-0.3, -0.25) is 0 Å². The predicted molar refractivity (Wildman–Crippen MR) is 75.1 cm³/mol. The van der Waals surface area contributed by atoms with Gasteiger partial charge < -0.3 is 15.0 Å². The third-order valence-corrected chi connectivity index (χ3v) is 4.19. The maximum atomic E-state index is 12.3. The molecule has 3 rings (SSSR count). The van der Waals surface area contributed by atoms with Gasteiger partial charge in [0.1, 0.15) is 5.60 Å². The predicted octanol–water partition coefficient (Wildman–Crippen LogP) is 2.05. The fourth-order valence-electron chi connectivity index (χ4n) is 2.84. The summed E-state index contributed by atoms with van der Waals surface area (Å²) in [4.78, 5) is 21.5. The quantitative estimate of drug-likeness (QED) is 0.919. The lowest BCUT2D eigenvalue weighted by Crippen LogP contribution is -2.47. The zero-order valence-corrected chi connectivity index (χ0v) is 12.4. The van der Waals surface area contributed by atoms with Gasteiger partial charge in [0.2, 0.25) is 5.95 Å². The van der Waals surface area contributed by atoms with E-state index in [1.807, 2.05) is 4.90 Å². The van der Waals surface area contributed by atoms with E-state index in [1.165, 1.54) is 12.3 Å². The number of anilines is 1. The molecule has 23 heavy (non-hydrogen) atoms. The van der Waals surface area contributed by atoms with E-state index in [4.69, 9.17) is 4.74 Å². The van der Waals surface area contributed by atoms with Crippen LogP contribution in [0.2, 0.25) is 0 Å². The number of carbonyl (C=O) groups is 1. The summed E-state index contributed by atoms with van der Waals surface area (Å²) in [6.45, 7) is 1.68. The summed E-state index contributed by atoms with van der Waals surface area (Å²) in [5.74, 6) is 0.428. The van der Waals surface area contributed by atoms with Crippen molar-refractivity contribution in [3.63, 3.8) is 0 Å². The molecule has 1 aromatic heterocycles. The third-order valence-electron chi connectivity index (χ3n) is 4.19. The molecule has 0 saturated carbocycles. The van der Waals surface area contributed by atoms with E-state index in [1.54, 1.807) is 0 Å². The fourth-order valence-corrected chi connectivity index (χ4v) is 2.84. The van der Waals surface area contributed by atoms with Gasteiger partial charge in [0.05, 0.1) is 6.54 Å². The lowest BCUT2D eigenvalue weighted by Gasteiger charge is -2.37. The minimum atomic E-state index is -4.19. The van der Waals surface area contributed by atoms with E-state index < -0.39 is 24.3 Å². The van der Waals surface area contributed by atoms with Crippen molar-refractivity contribution in [2.24, 2.45) is 0 Å². The van der Waals surface area contributed by atoms with Crippen LogP contribution in [0.5, 0.6) is 0 Å². The lowest BCUT2D eigenvalue weighted by molar-refractivity contribution is -0.134. The standard InChI is InChI=1S/C14H17F3N4O2/c15-14(16,17)3-1-10-2-6-18-11(20-10)21-7-4-13(5-8-21)9-19-12(22)23-13/h2,6H,1,3-5,7-9H2,(H,19,22). The van der Waals surface area contributed by atoms with E-state index in [9.17, 15) is 18.0 Å². The number of nitrogens with one attached hydrogen (secondary N) is 1. The summed E-state index contributed by atoms with van der Waals surface area (Å²) in [5.41, 5.74) is -0.0943. The normalized spacial score (nSPS) is 20.5. The van der Waals surface area contributed by atoms with Crippen molar-refractivity contribution in [1.29, 1.82) is 0 Å². The molecule has 0 aliphatic carbocycles. The second-order valence-electron chi connectivity index (χ2n) is 5.88. The van der Waals surface area contributed by atoms with Crippen LogP contribution in [0.15, 0.2) is 12.3 Å². The van der Waals surface area contributed by atoms with Gasteiger partial charge in [0.15, 0.2) is 0 Å². The molecule has 2 saturated heterocycles. The highest BCUT2D eigenvalue weighted by molar-refractivity contribution is 5.70. The molecule has 0 radical (unpaired) electrons. The molecule has 1 amide bonds. The molecule has 1 N–H and O–H groups in total. The molecule has 2 aliphatic heterocycles. The second-order valence-corrected chi connectivity index (χ2v) is 5.88. The molecule has 0 bridgehead atoms. The molecule has 9 heteroatoms. The Morgan fingerprint density at radius 3 is 2.70 bits per heavy atom. The fraction of sp³-hybridized carbons (Fsp3) is 0.643. The van der Waals surface area contributed by atoms with E-state index in [0.29, 0.717) is 44.1 Å². The van der Waals surface area contributed by atoms with Crippen LogP contribution in [0.3, 0.4) is 0 Å². The van der Waals surface area contributed by atoms with Crippen LogP contribution in [-0.4, -0.2) is 47.5 Å². The maximum absolute atomic E-state index is 12.3. The van der Waals surface area contributed by atoms with Crippen molar-refractivity contribution in [2.45, 2.75) is 37.5 Å². The number of aromatic nitrogens is 2. The largest absolute Gasteiger partial charge is 0.441 e. The lowest BCUT2D eigenvalue weighted by atomic mass is 9.92. The van der Waals surface area contributed by atoms with E-state index in [2.05, 4.69) is 15.3 Å². The highest BCUT2D eigenvalue weighted by atomic mass is 19.4. The van der Waals surface area contributed by atoms with Crippen molar-refractivity contribution in [2.75, 3.05) is 24.5 Å². The van der Waals surface area contributed by atoms with Crippen LogP contribution < -0.4 is 10.2 Å². The molecular weight excluding hydrogens is 313 g/mol. The van der Waals surface area contributed by atoms with Gasteiger partial charge in [-0.25, -0.2) is 14.8 Å². The Bertz CT molecular complexity index is 586. The summed E-state index contributed by atoms with van der Waals surface area (Å²) >= 11 is 0. The average Bonchev–Trinajstić information content (AvgIpc) is 2.86. The Morgan fingerprint density at radius 2 is 2.09 bits per heavy atom. The number of alkyl halides is 3. The van der Waals surface area contributed by atoms with Crippen molar-refractivity contribution in [3.05, 3.63) is 18.0 Å². The molecular formula is C14H17F3N4O2. The van der Waals surface area contributed by atoms with E-state index >= 15 is 0 Å². The number of halogens is 3. The van der Waals surface area contributed by atoms with Crippen molar-refractivity contribution in [1.82, 2.24) is 15.3 Å². The Kier molecular flexibility index (Phi) is 4.03. The Morgan fingerprint density at radius 1 is 1.35 bits per heavy atom. The van der Waals surface area contributed by atoms with Crippen molar-refractivity contribution in [3.8, 4) is 0 Å². The van der Waals surface area contributed by atoms with Gasteiger partial charge >= 0.3 is 12.3 Å². The first kappa shape index (κ1) is 15.8. The number of hydrogen-bond donors (Lipinski definition) is 1. The monoisotopic (exact) mass is 330 g/mol. The summed E-state index contributed by atoms with van der Waals surface area (Å²) in [7, 11) is 0. The van der Waals surface area contributed by atoms with Gasteiger partial charge in [-0.1, -0.05) is 0 Å². The van der Waals surface area contributed by atoms with Crippen molar-refractivity contribution < 1.29 is 22.7 Å². The van der Waals surface area contributed by atoms with Gasteiger partial charge in [-0.2, -0.15) is 13.2 Å². The number of aryl methyl sites for hydroxylation is 1. The number of piperidine rings is 1. The molecule has 0 atom stereocenters. The maximum Gasteiger partial charge on any atom is 0.407 e. The third kappa shape index (κ3) is 3.83. The minimum Gasteiger partial charge on any atom is -0.441 e. The number of amides is 1. The summed E-state index contributed by atoms with van der Waals surface area (Å²) in [5, 5.41) is 2.66. The Hall–Kier alpha value is -2.06. The van der Waals surface area contributed by atoms with E-state index in [-0.39, 0.29) is 6.42 Å². The summed E-state index contributed by atoms with van der Waals surface area (Å²) in [6, 6.07) is 1.50. The van der Waals surface area contributed by atoms with Gasteiger partial charge in [-0.15, -0.1) is 0 Å². The van der Waals surface area contributed by atoms with Crippen LogP contribution >= 0.6 is 0 Å². The van der Waals surface area contributed by atoms with E-state index in [0.717, 1.165) is 0 Å². The number of carbonyl (C=O) groups excluding carboxylic acids is 1. The molecule has 0 aromatic carbocycles. The number of ether oxygens (including phenoxy) is 1. The molecule has 126 valence electrons. The van der Waals surface area contributed by atoms with Gasteiger partial charge in [0, 0.05) is 44.2 Å². The molecule has 3 heterocycles. The zero-order chi connectivity index (χ0) is 16.5. The molecule has 2 fully saturated rings. The SMILES string of the molecule is O=C1NCC2(CCN(c3nccc(CCC(F)(F)F)n3)CC2)O1. The number of rotatable bonds is 3. The molecule has 1 spiro atoms. The highest BCUT2D eigenvalue weighted by Crippen LogP contribution is 2.30. The first-order valence-electron chi connectivity index (χ1n) is 7.46. The number of nitrogens with zero attached hydrogens (tertiary/aromatic N) is 3. The first-order valence-corrected chi connectivity index (χ1v) is 7.46.